The molecule has 1 amide bonds. The molecule has 1 N–H and O–H groups in total. The van der Waals surface area contributed by atoms with Crippen molar-refractivity contribution in [3.63, 3.8) is 0 Å². The van der Waals surface area contributed by atoms with Gasteiger partial charge in [-0.1, -0.05) is 97.9 Å². The molecule has 3 rings (SSSR count). The molecule has 0 aliphatic rings. The van der Waals surface area contributed by atoms with Gasteiger partial charge in [0.25, 0.3) is 5.91 Å². The Morgan fingerprint density at radius 1 is 0.759 bits per heavy atom. The maximum absolute atomic E-state index is 12.6. The summed E-state index contributed by atoms with van der Waals surface area (Å²) in [5.41, 5.74) is 2.83. The van der Waals surface area contributed by atoms with E-state index < -0.39 is 0 Å². The third kappa shape index (κ3) is 5.55. The first-order valence-corrected chi connectivity index (χ1v) is 9.80. The van der Waals surface area contributed by atoms with Crippen LogP contribution >= 0.6 is 0 Å². The van der Waals surface area contributed by atoms with Crippen molar-refractivity contribution in [2.45, 2.75) is 25.3 Å². The van der Waals surface area contributed by atoms with Crippen molar-refractivity contribution in [3.05, 3.63) is 108 Å². The van der Waals surface area contributed by atoms with Crippen molar-refractivity contribution in [1.82, 2.24) is 5.32 Å². The fourth-order valence-corrected chi connectivity index (χ4v) is 3.31. The highest BCUT2D eigenvalue weighted by atomic mass is 16.5. The van der Waals surface area contributed by atoms with Gasteiger partial charge in [-0.3, -0.25) is 9.59 Å². The van der Waals surface area contributed by atoms with Crippen molar-refractivity contribution in [2.75, 3.05) is 6.61 Å². The van der Waals surface area contributed by atoms with Crippen molar-refractivity contribution in [1.29, 1.82) is 0 Å². The fraction of sp³-hybridized carbons (Fsp3) is 0.200. The lowest BCUT2D eigenvalue weighted by Gasteiger charge is -2.20. The van der Waals surface area contributed by atoms with Gasteiger partial charge in [0.2, 0.25) is 0 Å². The van der Waals surface area contributed by atoms with E-state index in [4.69, 9.17) is 4.74 Å². The molecule has 0 bridgehead atoms. The molecule has 1 unspecified atom stereocenters. The Morgan fingerprint density at radius 2 is 1.21 bits per heavy atom. The lowest BCUT2D eigenvalue weighted by Crippen LogP contribution is -2.33. The number of amides is 1. The van der Waals surface area contributed by atoms with Crippen LogP contribution in [0.2, 0.25) is 0 Å². The molecule has 0 saturated heterocycles. The van der Waals surface area contributed by atoms with Gasteiger partial charge in [-0.25, -0.2) is 0 Å². The van der Waals surface area contributed by atoms with Crippen molar-refractivity contribution in [3.8, 4) is 0 Å². The summed E-state index contributed by atoms with van der Waals surface area (Å²) < 4.78 is 5.33. The maximum Gasteiger partial charge on any atom is 0.313 e. The molecule has 0 saturated carbocycles. The predicted molar refractivity (Wildman–Crippen MR) is 113 cm³/mol. The van der Waals surface area contributed by atoms with Gasteiger partial charge in [-0.2, -0.15) is 0 Å². The largest absolute Gasteiger partial charge is 0.455 e. The number of ether oxygens (including phenoxy) is 1. The summed E-state index contributed by atoms with van der Waals surface area (Å²) in [6, 6.07) is 28.6. The molecule has 29 heavy (non-hydrogen) atoms. The first-order valence-electron chi connectivity index (χ1n) is 9.80. The predicted octanol–water partition coefficient (Wildman–Crippen LogP) is 4.63. The summed E-state index contributed by atoms with van der Waals surface area (Å²) in [6.45, 7) is 1.62. The molecule has 0 spiro atoms. The van der Waals surface area contributed by atoms with Gasteiger partial charge in [-0.05, 0) is 23.1 Å². The Hall–Kier alpha value is -3.40. The summed E-state index contributed by atoms with van der Waals surface area (Å²) in [5.74, 6) is -1.09. The monoisotopic (exact) mass is 387 g/mol. The Bertz CT molecular complexity index is 871. The standard InChI is InChI=1S/C25H25NO3/c1-2-22(19-12-6-3-7-13-19)25(28)29-18-23(27)26-24(20-14-8-4-9-15-20)21-16-10-5-11-17-21/h3-17,22,24H,2,18H2,1H3,(H,26,27). The summed E-state index contributed by atoms with van der Waals surface area (Å²) in [6.07, 6.45) is 0.612. The van der Waals surface area contributed by atoms with Gasteiger partial charge in [0.1, 0.15) is 0 Å². The zero-order valence-electron chi connectivity index (χ0n) is 16.5. The van der Waals surface area contributed by atoms with E-state index in [0.29, 0.717) is 6.42 Å². The lowest BCUT2D eigenvalue weighted by molar-refractivity contribution is -0.150. The molecule has 4 nitrogen and oxygen atoms in total. The third-order valence-electron chi connectivity index (χ3n) is 4.81. The van der Waals surface area contributed by atoms with E-state index >= 15 is 0 Å². The summed E-state index contributed by atoms with van der Waals surface area (Å²) in [4.78, 5) is 25.1. The highest BCUT2D eigenvalue weighted by molar-refractivity contribution is 5.83. The maximum atomic E-state index is 12.6. The second-order valence-corrected chi connectivity index (χ2v) is 6.80. The highest BCUT2D eigenvalue weighted by Gasteiger charge is 2.22. The first-order chi connectivity index (χ1) is 14.2. The van der Waals surface area contributed by atoms with E-state index in [-0.39, 0.29) is 30.4 Å². The molecule has 0 radical (unpaired) electrons. The van der Waals surface area contributed by atoms with Crippen LogP contribution in [0.15, 0.2) is 91.0 Å². The molecule has 0 aliphatic heterocycles. The molecule has 0 aliphatic carbocycles. The number of benzene rings is 3. The van der Waals surface area contributed by atoms with Gasteiger partial charge in [0.15, 0.2) is 6.61 Å². The normalized spacial score (nSPS) is 11.7. The van der Waals surface area contributed by atoms with E-state index in [0.717, 1.165) is 16.7 Å². The van der Waals surface area contributed by atoms with Crippen molar-refractivity contribution < 1.29 is 14.3 Å². The Morgan fingerprint density at radius 3 is 1.66 bits per heavy atom. The number of rotatable bonds is 8. The van der Waals surface area contributed by atoms with Crippen LogP contribution in [0.5, 0.6) is 0 Å². The molecule has 148 valence electrons. The number of hydrogen-bond donors (Lipinski definition) is 1. The summed E-state index contributed by atoms with van der Waals surface area (Å²) >= 11 is 0. The van der Waals surface area contributed by atoms with Gasteiger partial charge >= 0.3 is 5.97 Å². The van der Waals surface area contributed by atoms with Crippen molar-refractivity contribution >= 4 is 11.9 Å². The lowest BCUT2D eigenvalue weighted by atomic mass is 9.97. The topological polar surface area (TPSA) is 55.4 Å². The highest BCUT2D eigenvalue weighted by Crippen LogP contribution is 2.22. The second kappa shape index (κ2) is 10.2. The van der Waals surface area contributed by atoms with Crippen molar-refractivity contribution in [2.24, 2.45) is 0 Å². The zero-order chi connectivity index (χ0) is 20.5. The average Bonchev–Trinajstić information content (AvgIpc) is 2.78. The Labute approximate surface area is 171 Å². The molecule has 1 atom stereocenters. The molecular formula is C25H25NO3. The van der Waals surface area contributed by atoms with Crippen LogP contribution < -0.4 is 5.32 Å². The minimum absolute atomic E-state index is 0.306. The van der Waals surface area contributed by atoms with E-state index in [1.54, 1.807) is 0 Å². The van der Waals surface area contributed by atoms with Gasteiger partial charge in [-0.15, -0.1) is 0 Å². The molecule has 3 aromatic rings. The SMILES string of the molecule is CCC(C(=O)OCC(=O)NC(c1ccccc1)c1ccccc1)c1ccccc1. The number of esters is 1. The molecule has 0 heterocycles. The minimum atomic E-state index is -0.384. The first kappa shape index (κ1) is 20.3. The fourth-order valence-electron chi connectivity index (χ4n) is 3.31. The smallest absolute Gasteiger partial charge is 0.313 e. The molecule has 0 aromatic heterocycles. The van der Waals surface area contributed by atoms with Crippen LogP contribution in [-0.4, -0.2) is 18.5 Å². The number of hydrogen-bond acceptors (Lipinski definition) is 3. The van der Waals surface area contributed by atoms with Crippen LogP contribution in [0.1, 0.15) is 42.0 Å². The van der Waals surface area contributed by atoms with Crippen LogP contribution in [0.3, 0.4) is 0 Å². The Balaban J connectivity index is 1.65. The summed E-state index contributed by atoms with van der Waals surface area (Å²) in [5, 5.41) is 2.99. The molecule has 4 heteroatoms. The summed E-state index contributed by atoms with van der Waals surface area (Å²) in [7, 11) is 0. The van der Waals surface area contributed by atoms with Crippen LogP contribution in [0.4, 0.5) is 0 Å². The number of carbonyl (C=O) groups excluding carboxylic acids is 2. The van der Waals surface area contributed by atoms with Gasteiger partial charge in [0.05, 0.1) is 12.0 Å². The van der Waals surface area contributed by atoms with Crippen LogP contribution in [-0.2, 0) is 14.3 Å². The number of nitrogens with one attached hydrogen (secondary N) is 1. The van der Waals surface area contributed by atoms with Crippen LogP contribution in [0, 0.1) is 0 Å². The van der Waals surface area contributed by atoms with Crippen LogP contribution in [0.25, 0.3) is 0 Å². The number of carbonyl (C=O) groups is 2. The van der Waals surface area contributed by atoms with E-state index in [2.05, 4.69) is 5.32 Å². The Kier molecular flexibility index (Phi) is 7.17. The molecule has 0 fully saturated rings. The van der Waals surface area contributed by atoms with E-state index in [1.165, 1.54) is 0 Å². The molecular weight excluding hydrogens is 362 g/mol. The third-order valence-corrected chi connectivity index (χ3v) is 4.81. The van der Waals surface area contributed by atoms with Gasteiger partial charge < -0.3 is 10.1 Å². The van der Waals surface area contributed by atoms with Gasteiger partial charge in [0, 0.05) is 0 Å². The molecule has 3 aromatic carbocycles. The zero-order valence-corrected chi connectivity index (χ0v) is 16.5. The minimum Gasteiger partial charge on any atom is -0.455 e. The van der Waals surface area contributed by atoms with E-state index in [1.807, 2.05) is 97.9 Å². The quantitative estimate of drug-likeness (QED) is 0.574. The average molecular weight is 387 g/mol. The van der Waals surface area contributed by atoms with E-state index in [9.17, 15) is 9.59 Å². The second-order valence-electron chi connectivity index (χ2n) is 6.80.